The number of ether oxygens (including phenoxy) is 1. The zero-order valence-electron chi connectivity index (χ0n) is 10.8. The molecule has 0 amide bonds. The van der Waals surface area contributed by atoms with Gasteiger partial charge in [-0.3, -0.25) is 0 Å². The Morgan fingerprint density at radius 2 is 2.24 bits per heavy atom. The Labute approximate surface area is 102 Å². The van der Waals surface area contributed by atoms with Crippen molar-refractivity contribution in [1.82, 2.24) is 9.47 Å². The number of hydrogen-bond acceptors (Lipinski definition) is 4. The van der Waals surface area contributed by atoms with Gasteiger partial charge in [0.05, 0.1) is 12.3 Å². The second kappa shape index (κ2) is 6.30. The van der Waals surface area contributed by atoms with Crippen LogP contribution in [0.25, 0.3) is 0 Å². The highest BCUT2D eigenvalue weighted by atomic mass is 16.5. The molecule has 0 aliphatic carbocycles. The lowest BCUT2D eigenvalue weighted by Gasteiger charge is -2.11. The average molecular weight is 239 g/mol. The quantitative estimate of drug-likeness (QED) is 0.758. The van der Waals surface area contributed by atoms with Crippen LogP contribution in [0.1, 0.15) is 23.8 Å². The third kappa shape index (κ3) is 4.11. The van der Waals surface area contributed by atoms with E-state index in [9.17, 15) is 4.79 Å². The molecule has 5 nitrogen and oxygen atoms in total. The Hall–Kier alpha value is -1.49. The number of carbonyl (C=O) groups excluding carboxylic acids is 1. The number of carbonyl (C=O) groups is 1. The molecule has 1 aromatic rings. The number of aryl methyl sites for hydroxylation is 1. The third-order valence-electron chi connectivity index (χ3n) is 2.41. The van der Waals surface area contributed by atoms with Crippen molar-refractivity contribution < 1.29 is 9.53 Å². The zero-order valence-corrected chi connectivity index (χ0v) is 10.8. The molecule has 2 N–H and O–H groups in total. The second-order valence-corrected chi connectivity index (χ2v) is 4.23. The van der Waals surface area contributed by atoms with Crippen LogP contribution in [0.15, 0.2) is 12.3 Å². The Morgan fingerprint density at radius 1 is 1.53 bits per heavy atom. The highest BCUT2D eigenvalue weighted by Crippen LogP contribution is 2.12. The molecule has 0 saturated heterocycles. The summed E-state index contributed by atoms with van der Waals surface area (Å²) in [6.45, 7) is 3.91. The molecule has 0 bridgehead atoms. The molecule has 1 rings (SSSR count). The van der Waals surface area contributed by atoms with Crippen molar-refractivity contribution in [3.8, 4) is 0 Å². The number of nitrogen functional groups attached to an aromatic ring is 1. The number of rotatable bonds is 6. The van der Waals surface area contributed by atoms with Gasteiger partial charge in [0.15, 0.2) is 0 Å². The first-order chi connectivity index (χ1) is 8.04. The highest BCUT2D eigenvalue weighted by molar-refractivity contribution is 5.89. The lowest BCUT2D eigenvalue weighted by molar-refractivity contribution is 0.0513. The molecular formula is C12H21N3O2. The van der Waals surface area contributed by atoms with Crippen LogP contribution in [0.4, 0.5) is 5.69 Å². The standard InChI is InChI=1S/C12H21N3O2/c1-4-17-12(16)11-8-10(13)9-15(11)7-5-6-14(2)3/h8-9H,4-7,13H2,1-3H3. The average Bonchev–Trinajstić information content (AvgIpc) is 2.59. The summed E-state index contributed by atoms with van der Waals surface area (Å²) >= 11 is 0. The maximum atomic E-state index is 11.7. The largest absolute Gasteiger partial charge is 0.461 e. The van der Waals surface area contributed by atoms with Gasteiger partial charge in [-0.05, 0) is 40.1 Å². The molecule has 0 fully saturated rings. The molecule has 1 aromatic heterocycles. The molecule has 17 heavy (non-hydrogen) atoms. The fourth-order valence-electron chi connectivity index (χ4n) is 1.65. The molecule has 0 spiro atoms. The van der Waals surface area contributed by atoms with Gasteiger partial charge in [-0.15, -0.1) is 0 Å². The second-order valence-electron chi connectivity index (χ2n) is 4.23. The van der Waals surface area contributed by atoms with Crippen LogP contribution < -0.4 is 5.73 Å². The van der Waals surface area contributed by atoms with E-state index in [0.717, 1.165) is 19.5 Å². The summed E-state index contributed by atoms with van der Waals surface area (Å²) in [5.74, 6) is -0.311. The minimum atomic E-state index is -0.311. The van der Waals surface area contributed by atoms with Gasteiger partial charge >= 0.3 is 5.97 Å². The Kier molecular flexibility index (Phi) is 5.03. The lowest BCUT2D eigenvalue weighted by atomic mass is 10.3. The SMILES string of the molecule is CCOC(=O)c1cc(N)cn1CCCN(C)C. The van der Waals surface area contributed by atoms with Crippen molar-refractivity contribution >= 4 is 11.7 Å². The molecular weight excluding hydrogens is 218 g/mol. The van der Waals surface area contributed by atoms with Crippen LogP contribution in [-0.4, -0.2) is 42.7 Å². The maximum absolute atomic E-state index is 11.7. The predicted molar refractivity (Wildman–Crippen MR) is 68.0 cm³/mol. The summed E-state index contributed by atoms with van der Waals surface area (Å²) in [5.41, 5.74) is 6.83. The van der Waals surface area contributed by atoms with Crippen molar-refractivity contribution in [2.75, 3.05) is 33.0 Å². The van der Waals surface area contributed by atoms with Crippen LogP contribution in [-0.2, 0) is 11.3 Å². The van der Waals surface area contributed by atoms with Crippen LogP contribution in [0.5, 0.6) is 0 Å². The van der Waals surface area contributed by atoms with Crippen molar-refractivity contribution in [3.63, 3.8) is 0 Å². The van der Waals surface area contributed by atoms with Gasteiger partial charge in [0, 0.05) is 12.7 Å². The molecule has 0 unspecified atom stereocenters. The summed E-state index contributed by atoms with van der Waals surface area (Å²) < 4.78 is 6.84. The molecule has 0 atom stereocenters. The van der Waals surface area contributed by atoms with E-state index in [-0.39, 0.29) is 5.97 Å². The van der Waals surface area contributed by atoms with E-state index in [1.54, 1.807) is 19.2 Å². The van der Waals surface area contributed by atoms with Crippen molar-refractivity contribution in [1.29, 1.82) is 0 Å². The van der Waals surface area contributed by atoms with Gasteiger partial charge in [0.2, 0.25) is 0 Å². The lowest BCUT2D eigenvalue weighted by Crippen LogP contribution is -2.17. The fraction of sp³-hybridized carbons (Fsp3) is 0.583. The molecule has 96 valence electrons. The van der Waals surface area contributed by atoms with E-state index in [1.807, 2.05) is 18.7 Å². The van der Waals surface area contributed by atoms with E-state index in [1.165, 1.54) is 0 Å². The normalized spacial score (nSPS) is 10.8. The van der Waals surface area contributed by atoms with E-state index in [4.69, 9.17) is 10.5 Å². The van der Waals surface area contributed by atoms with Gasteiger partial charge in [0.1, 0.15) is 5.69 Å². The molecule has 0 aliphatic heterocycles. The van der Waals surface area contributed by atoms with Gasteiger partial charge < -0.3 is 19.9 Å². The third-order valence-corrected chi connectivity index (χ3v) is 2.41. The van der Waals surface area contributed by atoms with Crippen LogP contribution in [0.2, 0.25) is 0 Å². The van der Waals surface area contributed by atoms with Crippen LogP contribution in [0.3, 0.4) is 0 Å². The van der Waals surface area contributed by atoms with Crippen molar-refractivity contribution in [2.24, 2.45) is 0 Å². The maximum Gasteiger partial charge on any atom is 0.355 e. The minimum absolute atomic E-state index is 0.311. The molecule has 5 heteroatoms. The first-order valence-electron chi connectivity index (χ1n) is 5.82. The number of esters is 1. The van der Waals surface area contributed by atoms with Gasteiger partial charge in [-0.25, -0.2) is 4.79 Å². The van der Waals surface area contributed by atoms with E-state index < -0.39 is 0 Å². The first-order valence-corrected chi connectivity index (χ1v) is 5.82. The predicted octanol–water partition coefficient (Wildman–Crippen LogP) is 1.20. The van der Waals surface area contributed by atoms with Gasteiger partial charge in [-0.1, -0.05) is 0 Å². The number of anilines is 1. The fourth-order valence-corrected chi connectivity index (χ4v) is 1.65. The van der Waals surface area contributed by atoms with E-state index in [0.29, 0.717) is 18.0 Å². The van der Waals surface area contributed by atoms with Gasteiger partial charge in [-0.2, -0.15) is 0 Å². The first kappa shape index (κ1) is 13.6. The Balaban J connectivity index is 2.67. The van der Waals surface area contributed by atoms with Gasteiger partial charge in [0.25, 0.3) is 0 Å². The summed E-state index contributed by atoms with van der Waals surface area (Å²) in [6.07, 6.45) is 2.75. The monoisotopic (exact) mass is 239 g/mol. The summed E-state index contributed by atoms with van der Waals surface area (Å²) in [6, 6.07) is 1.66. The Bertz CT molecular complexity index is 372. The summed E-state index contributed by atoms with van der Waals surface area (Å²) in [5, 5.41) is 0. The number of aromatic nitrogens is 1. The molecule has 0 aliphatic rings. The smallest absolute Gasteiger partial charge is 0.355 e. The van der Waals surface area contributed by atoms with Crippen LogP contribution >= 0.6 is 0 Å². The number of hydrogen-bond donors (Lipinski definition) is 1. The van der Waals surface area contributed by atoms with Crippen molar-refractivity contribution in [2.45, 2.75) is 19.9 Å². The van der Waals surface area contributed by atoms with Crippen molar-refractivity contribution in [3.05, 3.63) is 18.0 Å². The number of nitrogens with zero attached hydrogens (tertiary/aromatic N) is 2. The summed E-state index contributed by atoms with van der Waals surface area (Å²) in [4.78, 5) is 13.8. The minimum Gasteiger partial charge on any atom is -0.461 e. The summed E-state index contributed by atoms with van der Waals surface area (Å²) in [7, 11) is 4.05. The van der Waals surface area contributed by atoms with E-state index >= 15 is 0 Å². The number of nitrogens with two attached hydrogens (primary N) is 1. The zero-order chi connectivity index (χ0) is 12.8. The van der Waals surface area contributed by atoms with Crippen LogP contribution in [0, 0.1) is 0 Å². The molecule has 0 aromatic carbocycles. The Morgan fingerprint density at radius 3 is 2.82 bits per heavy atom. The molecule has 1 heterocycles. The highest BCUT2D eigenvalue weighted by Gasteiger charge is 2.13. The molecule has 0 radical (unpaired) electrons. The van der Waals surface area contributed by atoms with E-state index in [2.05, 4.69) is 4.90 Å². The molecule has 0 saturated carbocycles. The topological polar surface area (TPSA) is 60.5 Å².